The number of nitrogens with one attached hydrogen (secondary N) is 1. The molecular formula is C23H27BrCl2N2O2S. The van der Waals surface area contributed by atoms with Crippen LogP contribution in [0.4, 0.5) is 0 Å². The summed E-state index contributed by atoms with van der Waals surface area (Å²) in [6.07, 6.45) is 0. The summed E-state index contributed by atoms with van der Waals surface area (Å²) in [6.45, 7) is 6.76. The van der Waals surface area contributed by atoms with Crippen molar-refractivity contribution in [2.24, 2.45) is 5.92 Å². The maximum Gasteiger partial charge on any atom is 0.242 e. The summed E-state index contributed by atoms with van der Waals surface area (Å²) in [6, 6.07) is 12.5. The zero-order valence-corrected chi connectivity index (χ0v) is 21.7. The van der Waals surface area contributed by atoms with Gasteiger partial charge in [-0.15, -0.1) is 11.8 Å². The van der Waals surface area contributed by atoms with E-state index in [1.54, 1.807) is 30.0 Å². The Balaban J connectivity index is 2.09. The van der Waals surface area contributed by atoms with Crippen LogP contribution in [0.5, 0.6) is 0 Å². The van der Waals surface area contributed by atoms with Crippen LogP contribution in [0, 0.1) is 5.92 Å². The fourth-order valence-corrected chi connectivity index (χ4v) is 4.73. The first-order chi connectivity index (χ1) is 14.7. The van der Waals surface area contributed by atoms with Crippen molar-refractivity contribution < 1.29 is 9.59 Å². The van der Waals surface area contributed by atoms with E-state index < -0.39 is 6.04 Å². The normalized spacial score (nSPS) is 12.0. The van der Waals surface area contributed by atoms with Crippen LogP contribution < -0.4 is 5.32 Å². The van der Waals surface area contributed by atoms with Crippen LogP contribution in [0.15, 0.2) is 46.9 Å². The number of hydrogen-bond donors (Lipinski definition) is 1. The molecule has 1 N–H and O–H groups in total. The molecule has 2 aromatic carbocycles. The monoisotopic (exact) mass is 544 g/mol. The summed E-state index contributed by atoms with van der Waals surface area (Å²) in [7, 11) is 0. The number of carbonyl (C=O) groups is 2. The standard InChI is InChI=1S/C23H27BrCl2N2O2S/c1-15(2)11-27-23(30)16(3)28(12-17-7-9-18(24)10-8-17)22(29)14-31-13-19-20(25)5-4-6-21(19)26/h4-10,15-16H,11-14H2,1-3H3,(H,27,30). The van der Waals surface area contributed by atoms with E-state index in [-0.39, 0.29) is 17.6 Å². The van der Waals surface area contributed by atoms with Crippen molar-refractivity contribution in [2.45, 2.75) is 39.1 Å². The molecule has 0 aliphatic heterocycles. The first-order valence-electron chi connectivity index (χ1n) is 10.0. The summed E-state index contributed by atoms with van der Waals surface area (Å²) in [5, 5.41) is 4.09. The molecule has 0 bridgehead atoms. The molecule has 2 aromatic rings. The number of thioether (sulfide) groups is 1. The van der Waals surface area contributed by atoms with Gasteiger partial charge in [0.05, 0.1) is 5.75 Å². The molecule has 4 nitrogen and oxygen atoms in total. The third-order valence-corrected chi connectivity index (χ3v) is 6.83. The Morgan fingerprint density at radius 3 is 2.26 bits per heavy atom. The number of amides is 2. The lowest BCUT2D eigenvalue weighted by molar-refractivity contribution is -0.138. The molecule has 1 atom stereocenters. The highest BCUT2D eigenvalue weighted by atomic mass is 79.9. The minimum absolute atomic E-state index is 0.108. The molecule has 168 valence electrons. The van der Waals surface area contributed by atoms with Gasteiger partial charge in [0.1, 0.15) is 6.04 Å². The molecule has 0 aromatic heterocycles. The average Bonchev–Trinajstić information content (AvgIpc) is 2.73. The molecule has 2 amide bonds. The van der Waals surface area contributed by atoms with E-state index in [1.165, 1.54) is 11.8 Å². The number of nitrogens with zero attached hydrogens (tertiary/aromatic N) is 1. The molecule has 1 unspecified atom stereocenters. The second kappa shape index (κ2) is 12.7. The summed E-state index contributed by atoms with van der Waals surface area (Å²) < 4.78 is 0.962. The van der Waals surface area contributed by atoms with Crippen LogP contribution in [-0.2, 0) is 21.9 Å². The van der Waals surface area contributed by atoms with Crippen LogP contribution in [0.2, 0.25) is 10.0 Å². The van der Waals surface area contributed by atoms with Gasteiger partial charge in [-0.1, -0.05) is 71.2 Å². The van der Waals surface area contributed by atoms with Crippen LogP contribution in [0.1, 0.15) is 31.9 Å². The lowest BCUT2D eigenvalue weighted by Crippen LogP contribution is -2.48. The third-order valence-electron chi connectivity index (χ3n) is 4.65. The van der Waals surface area contributed by atoms with E-state index in [0.717, 1.165) is 15.6 Å². The highest BCUT2D eigenvalue weighted by Gasteiger charge is 2.26. The van der Waals surface area contributed by atoms with Gasteiger partial charge in [-0.2, -0.15) is 0 Å². The van der Waals surface area contributed by atoms with E-state index in [1.807, 2.05) is 38.1 Å². The van der Waals surface area contributed by atoms with Gasteiger partial charge in [0.2, 0.25) is 11.8 Å². The van der Waals surface area contributed by atoms with Crippen molar-refractivity contribution >= 4 is 62.7 Å². The van der Waals surface area contributed by atoms with Gasteiger partial charge in [-0.25, -0.2) is 0 Å². The number of rotatable bonds is 10. The number of carbonyl (C=O) groups excluding carboxylic acids is 2. The highest BCUT2D eigenvalue weighted by molar-refractivity contribution is 9.10. The largest absolute Gasteiger partial charge is 0.354 e. The van der Waals surface area contributed by atoms with Crippen molar-refractivity contribution in [3.63, 3.8) is 0 Å². The molecule has 31 heavy (non-hydrogen) atoms. The predicted octanol–water partition coefficient (Wildman–Crippen LogP) is 6.18. The summed E-state index contributed by atoms with van der Waals surface area (Å²) in [5.74, 6) is 0.814. The third kappa shape index (κ3) is 8.33. The molecule has 0 radical (unpaired) electrons. The minimum atomic E-state index is -0.584. The van der Waals surface area contributed by atoms with E-state index in [4.69, 9.17) is 23.2 Å². The van der Waals surface area contributed by atoms with Gasteiger partial charge >= 0.3 is 0 Å². The van der Waals surface area contributed by atoms with Crippen molar-refractivity contribution in [2.75, 3.05) is 12.3 Å². The second-order valence-corrected chi connectivity index (χ2v) is 10.4. The topological polar surface area (TPSA) is 49.4 Å². The zero-order valence-electron chi connectivity index (χ0n) is 17.8. The van der Waals surface area contributed by atoms with Gasteiger partial charge in [0, 0.05) is 33.4 Å². The first-order valence-corrected chi connectivity index (χ1v) is 12.7. The molecule has 0 heterocycles. The van der Waals surface area contributed by atoms with Gasteiger partial charge < -0.3 is 10.2 Å². The van der Waals surface area contributed by atoms with E-state index in [0.29, 0.717) is 34.8 Å². The average molecular weight is 546 g/mol. The molecule has 0 saturated heterocycles. The number of benzene rings is 2. The van der Waals surface area contributed by atoms with E-state index in [9.17, 15) is 9.59 Å². The van der Waals surface area contributed by atoms with Gasteiger partial charge in [-0.3, -0.25) is 9.59 Å². The Morgan fingerprint density at radius 2 is 1.68 bits per heavy atom. The summed E-state index contributed by atoms with van der Waals surface area (Å²) >= 11 is 17.3. The Bertz CT molecular complexity index is 873. The van der Waals surface area contributed by atoms with Crippen LogP contribution in [0.3, 0.4) is 0 Å². The quantitative estimate of drug-likeness (QED) is 0.388. The van der Waals surface area contributed by atoms with Gasteiger partial charge in [0.15, 0.2) is 0 Å². The zero-order chi connectivity index (χ0) is 23.0. The number of hydrogen-bond acceptors (Lipinski definition) is 3. The maximum absolute atomic E-state index is 13.1. The van der Waals surface area contributed by atoms with E-state index >= 15 is 0 Å². The van der Waals surface area contributed by atoms with Crippen molar-refractivity contribution in [1.82, 2.24) is 10.2 Å². The molecular weight excluding hydrogens is 519 g/mol. The Labute approximate surface area is 207 Å². The molecule has 8 heteroatoms. The smallest absolute Gasteiger partial charge is 0.242 e. The van der Waals surface area contributed by atoms with Crippen molar-refractivity contribution in [3.8, 4) is 0 Å². The number of halogens is 3. The lowest BCUT2D eigenvalue weighted by atomic mass is 10.1. The van der Waals surface area contributed by atoms with Gasteiger partial charge in [0.25, 0.3) is 0 Å². The van der Waals surface area contributed by atoms with Crippen LogP contribution in [0.25, 0.3) is 0 Å². The van der Waals surface area contributed by atoms with Crippen molar-refractivity contribution in [1.29, 1.82) is 0 Å². The molecule has 0 saturated carbocycles. The van der Waals surface area contributed by atoms with Gasteiger partial charge in [-0.05, 0) is 48.2 Å². The fourth-order valence-electron chi connectivity index (χ4n) is 2.82. The molecule has 0 aliphatic carbocycles. The first kappa shape index (κ1) is 26.0. The SMILES string of the molecule is CC(C)CNC(=O)C(C)N(Cc1ccc(Br)cc1)C(=O)CSCc1c(Cl)cccc1Cl. The molecule has 2 rings (SSSR count). The minimum Gasteiger partial charge on any atom is -0.354 e. The predicted molar refractivity (Wildman–Crippen MR) is 135 cm³/mol. The maximum atomic E-state index is 13.1. The summed E-state index contributed by atoms with van der Waals surface area (Å²) in [5.41, 5.74) is 1.77. The Kier molecular flexibility index (Phi) is 10.7. The van der Waals surface area contributed by atoms with Crippen LogP contribution in [-0.4, -0.2) is 35.1 Å². The van der Waals surface area contributed by atoms with Crippen molar-refractivity contribution in [3.05, 3.63) is 68.1 Å². The molecule has 0 aliphatic rings. The Morgan fingerprint density at radius 1 is 1.06 bits per heavy atom. The second-order valence-electron chi connectivity index (χ2n) is 7.66. The Hall–Kier alpha value is -1.21. The fraction of sp³-hybridized carbons (Fsp3) is 0.391. The lowest BCUT2D eigenvalue weighted by Gasteiger charge is -2.29. The summed E-state index contributed by atoms with van der Waals surface area (Å²) in [4.78, 5) is 27.4. The highest BCUT2D eigenvalue weighted by Crippen LogP contribution is 2.28. The van der Waals surface area contributed by atoms with E-state index in [2.05, 4.69) is 21.2 Å². The molecule has 0 fully saturated rings. The van der Waals surface area contributed by atoms with Crippen LogP contribution >= 0.6 is 50.9 Å². The molecule has 0 spiro atoms.